The molecule has 2 aromatic rings. The van der Waals surface area contributed by atoms with Gasteiger partial charge in [0.1, 0.15) is 16.5 Å². The summed E-state index contributed by atoms with van der Waals surface area (Å²) in [6.45, 7) is 1.90. The molecule has 1 aliphatic rings. The van der Waals surface area contributed by atoms with E-state index < -0.39 is 0 Å². The van der Waals surface area contributed by atoms with Gasteiger partial charge in [-0.25, -0.2) is 9.97 Å². The van der Waals surface area contributed by atoms with Crippen molar-refractivity contribution in [1.29, 1.82) is 0 Å². The fourth-order valence-corrected chi connectivity index (χ4v) is 3.79. The highest BCUT2D eigenvalue weighted by atomic mass is 32.1. The summed E-state index contributed by atoms with van der Waals surface area (Å²) >= 11 is 1.81. The molecule has 84 valence electrons. The number of aromatic nitrogens is 2. The van der Waals surface area contributed by atoms with Crippen LogP contribution in [0.5, 0.6) is 0 Å². The van der Waals surface area contributed by atoms with E-state index >= 15 is 0 Å². The Hall–Kier alpha value is -1.16. The normalized spacial score (nSPS) is 16.1. The first kappa shape index (κ1) is 10.0. The molecule has 0 atom stereocenters. The number of hydrogen-bond donors (Lipinski definition) is 1. The molecule has 4 heteroatoms. The van der Waals surface area contributed by atoms with Crippen molar-refractivity contribution >= 4 is 27.4 Å². The van der Waals surface area contributed by atoms with Crippen LogP contribution in [0.2, 0.25) is 0 Å². The zero-order chi connectivity index (χ0) is 11.1. The van der Waals surface area contributed by atoms with Crippen LogP contribution in [0.15, 0.2) is 0 Å². The van der Waals surface area contributed by atoms with Gasteiger partial charge >= 0.3 is 0 Å². The average molecular weight is 233 g/mol. The lowest BCUT2D eigenvalue weighted by Gasteiger charge is -2.01. The van der Waals surface area contributed by atoms with Crippen LogP contribution in [0.4, 0.5) is 5.82 Å². The molecule has 2 aromatic heterocycles. The van der Waals surface area contributed by atoms with E-state index in [-0.39, 0.29) is 0 Å². The van der Waals surface area contributed by atoms with Crippen molar-refractivity contribution in [3.63, 3.8) is 0 Å². The Labute approximate surface area is 98.7 Å². The standard InChI is InChI=1S/C12H15N3S/c1-7-14-11(13)10-8-5-3-2-4-6-9(8)16-12(10)15-7/h2-6H2,1H3,(H2,13,14,15). The molecule has 0 fully saturated rings. The molecule has 0 amide bonds. The van der Waals surface area contributed by atoms with Crippen molar-refractivity contribution < 1.29 is 0 Å². The Morgan fingerprint density at radius 3 is 2.81 bits per heavy atom. The van der Waals surface area contributed by atoms with Crippen molar-refractivity contribution in [1.82, 2.24) is 9.97 Å². The van der Waals surface area contributed by atoms with E-state index in [1.807, 2.05) is 18.3 Å². The molecule has 16 heavy (non-hydrogen) atoms. The van der Waals surface area contributed by atoms with Gasteiger partial charge in [-0.2, -0.15) is 0 Å². The molecular formula is C12H15N3S. The van der Waals surface area contributed by atoms with Gasteiger partial charge in [-0.1, -0.05) is 6.42 Å². The number of nitrogens with zero attached hydrogens (tertiary/aromatic N) is 2. The highest BCUT2D eigenvalue weighted by Gasteiger charge is 2.18. The van der Waals surface area contributed by atoms with E-state index in [0.717, 1.165) is 22.5 Å². The van der Waals surface area contributed by atoms with E-state index in [0.29, 0.717) is 5.82 Å². The van der Waals surface area contributed by atoms with Gasteiger partial charge in [-0.3, -0.25) is 0 Å². The largest absolute Gasteiger partial charge is 0.383 e. The predicted molar refractivity (Wildman–Crippen MR) is 67.8 cm³/mol. The van der Waals surface area contributed by atoms with Crippen molar-refractivity contribution in [3.8, 4) is 0 Å². The van der Waals surface area contributed by atoms with Crippen molar-refractivity contribution in [3.05, 3.63) is 16.3 Å². The minimum atomic E-state index is 0.668. The van der Waals surface area contributed by atoms with Gasteiger partial charge in [-0.15, -0.1) is 11.3 Å². The molecule has 1 aliphatic carbocycles. The summed E-state index contributed by atoms with van der Waals surface area (Å²) in [7, 11) is 0. The van der Waals surface area contributed by atoms with E-state index in [1.54, 1.807) is 0 Å². The summed E-state index contributed by atoms with van der Waals surface area (Å²) in [6, 6.07) is 0. The van der Waals surface area contributed by atoms with Gasteiger partial charge < -0.3 is 5.73 Å². The molecule has 2 heterocycles. The zero-order valence-electron chi connectivity index (χ0n) is 9.42. The van der Waals surface area contributed by atoms with Crippen LogP contribution in [0, 0.1) is 6.92 Å². The van der Waals surface area contributed by atoms with Crippen LogP contribution in [-0.4, -0.2) is 9.97 Å². The second-order valence-electron chi connectivity index (χ2n) is 4.40. The molecule has 0 radical (unpaired) electrons. The number of hydrogen-bond acceptors (Lipinski definition) is 4. The first-order valence-electron chi connectivity index (χ1n) is 5.80. The lowest BCUT2D eigenvalue weighted by molar-refractivity contribution is 0.713. The first-order valence-corrected chi connectivity index (χ1v) is 6.61. The number of anilines is 1. The van der Waals surface area contributed by atoms with E-state index in [4.69, 9.17) is 5.73 Å². The van der Waals surface area contributed by atoms with Crippen LogP contribution in [0.3, 0.4) is 0 Å². The quantitative estimate of drug-likeness (QED) is 0.712. The van der Waals surface area contributed by atoms with Crippen molar-refractivity contribution in [2.45, 2.75) is 39.0 Å². The molecule has 2 N–H and O–H groups in total. The van der Waals surface area contributed by atoms with E-state index in [9.17, 15) is 0 Å². The minimum Gasteiger partial charge on any atom is -0.383 e. The summed E-state index contributed by atoms with van der Waals surface area (Å²) in [4.78, 5) is 11.4. The summed E-state index contributed by atoms with van der Waals surface area (Å²) in [5.41, 5.74) is 7.46. The van der Waals surface area contributed by atoms with Gasteiger partial charge in [-0.05, 0) is 38.2 Å². The molecule has 0 aliphatic heterocycles. The predicted octanol–water partition coefficient (Wildman–Crippen LogP) is 2.85. The second kappa shape index (κ2) is 3.70. The highest BCUT2D eigenvalue weighted by molar-refractivity contribution is 7.18. The minimum absolute atomic E-state index is 0.668. The third kappa shape index (κ3) is 1.48. The van der Waals surface area contributed by atoms with Crippen LogP contribution in [-0.2, 0) is 12.8 Å². The van der Waals surface area contributed by atoms with E-state index in [1.165, 1.54) is 36.1 Å². The third-order valence-electron chi connectivity index (χ3n) is 3.20. The maximum atomic E-state index is 6.03. The summed E-state index contributed by atoms with van der Waals surface area (Å²) in [5.74, 6) is 1.45. The highest BCUT2D eigenvalue weighted by Crippen LogP contribution is 2.36. The maximum absolute atomic E-state index is 6.03. The van der Waals surface area contributed by atoms with E-state index in [2.05, 4.69) is 9.97 Å². The van der Waals surface area contributed by atoms with Crippen LogP contribution >= 0.6 is 11.3 Å². The Morgan fingerprint density at radius 2 is 1.94 bits per heavy atom. The molecule has 3 rings (SSSR count). The number of nitrogens with two attached hydrogens (primary N) is 1. The van der Waals surface area contributed by atoms with Gasteiger partial charge in [0.2, 0.25) is 0 Å². The monoisotopic (exact) mass is 233 g/mol. The van der Waals surface area contributed by atoms with Gasteiger partial charge in [0.05, 0.1) is 5.39 Å². The van der Waals surface area contributed by atoms with Gasteiger partial charge in [0.25, 0.3) is 0 Å². The fraction of sp³-hybridized carbons (Fsp3) is 0.500. The Bertz CT molecular complexity index is 545. The average Bonchev–Trinajstić information content (AvgIpc) is 2.42. The fourth-order valence-electron chi connectivity index (χ4n) is 2.47. The lowest BCUT2D eigenvalue weighted by Crippen LogP contribution is -1.97. The summed E-state index contributed by atoms with van der Waals surface area (Å²) in [5, 5.41) is 1.13. The molecule has 0 spiro atoms. The summed E-state index contributed by atoms with van der Waals surface area (Å²) in [6.07, 6.45) is 6.23. The Kier molecular flexibility index (Phi) is 2.32. The van der Waals surface area contributed by atoms with Gasteiger partial charge in [0, 0.05) is 4.88 Å². The molecule has 0 aromatic carbocycles. The lowest BCUT2D eigenvalue weighted by atomic mass is 10.1. The number of nitrogen functional groups attached to an aromatic ring is 1. The topological polar surface area (TPSA) is 51.8 Å². The number of fused-ring (bicyclic) bond motifs is 3. The molecule has 0 saturated carbocycles. The molecule has 0 bridgehead atoms. The van der Waals surface area contributed by atoms with Crippen LogP contribution < -0.4 is 5.73 Å². The van der Waals surface area contributed by atoms with Crippen LogP contribution in [0.1, 0.15) is 35.5 Å². The molecule has 0 saturated heterocycles. The van der Waals surface area contributed by atoms with Crippen molar-refractivity contribution in [2.75, 3.05) is 5.73 Å². The van der Waals surface area contributed by atoms with Crippen LogP contribution in [0.25, 0.3) is 10.2 Å². The maximum Gasteiger partial charge on any atom is 0.136 e. The van der Waals surface area contributed by atoms with Gasteiger partial charge in [0.15, 0.2) is 0 Å². The SMILES string of the molecule is Cc1nc(N)c2c3c(sc2n1)CCCCC3. The van der Waals surface area contributed by atoms with Crippen molar-refractivity contribution in [2.24, 2.45) is 0 Å². The number of aryl methyl sites for hydroxylation is 3. The first-order chi connectivity index (χ1) is 7.75. The number of thiophene rings is 1. The number of rotatable bonds is 0. The smallest absolute Gasteiger partial charge is 0.136 e. The molecular weight excluding hydrogens is 218 g/mol. The Balaban J connectivity index is 2.29. The zero-order valence-corrected chi connectivity index (χ0v) is 10.2. The molecule has 3 nitrogen and oxygen atoms in total. The third-order valence-corrected chi connectivity index (χ3v) is 4.39. The Morgan fingerprint density at radius 1 is 1.12 bits per heavy atom. The second-order valence-corrected chi connectivity index (χ2v) is 5.48. The summed E-state index contributed by atoms with van der Waals surface area (Å²) < 4.78 is 0. The molecule has 0 unspecified atom stereocenters.